The zero-order valence-electron chi connectivity index (χ0n) is 9.16. The molecule has 16 heavy (non-hydrogen) atoms. The molecular weight excluding hydrogens is 218 g/mol. The van der Waals surface area contributed by atoms with E-state index in [9.17, 15) is 15.2 Å². The lowest BCUT2D eigenvalue weighted by molar-refractivity contribution is -0.493. The smallest absolute Gasteiger partial charge is 0.231 e. The van der Waals surface area contributed by atoms with Gasteiger partial charge in [0.05, 0.1) is 6.10 Å². The molecule has 0 bridgehead atoms. The SMILES string of the molecule is CC1(C)OC2O[C@H](C(O)C[N+](=O)[O-])C[C@H]2O1. The Morgan fingerprint density at radius 1 is 1.56 bits per heavy atom. The molecule has 2 heterocycles. The third kappa shape index (κ3) is 2.32. The number of rotatable bonds is 3. The second kappa shape index (κ2) is 3.92. The molecule has 2 aliphatic heterocycles. The van der Waals surface area contributed by atoms with Crippen LogP contribution in [0, 0.1) is 10.1 Å². The average molecular weight is 233 g/mol. The number of fused-ring (bicyclic) bond motifs is 1. The number of aliphatic hydroxyl groups is 1. The minimum Gasteiger partial charge on any atom is -0.384 e. The lowest BCUT2D eigenvalue weighted by Gasteiger charge is -2.21. The highest BCUT2D eigenvalue weighted by Gasteiger charge is 2.50. The third-order valence-corrected chi connectivity index (χ3v) is 2.68. The summed E-state index contributed by atoms with van der Waals surface area (Å²) < 4.78 is 16.3. The Morgan fingerprint density at radius 3 is 2.81 bits per heavy atom. The minimum absolute atomic E-state index is 0.249. The first-order valence-electron chi connectivity index (χ1n) is 5.18. The zero-order valence-corrected chi connectivity index (χ0v) is 9.16. The fourth-order valence-corrected chi connectivity index (χ4v) is 2.05. The summed E-state index contributed by atoms with van der Waals surface area (Å²) in [6, 6.07) is 0. The molecule has 0 aromatic heterocycles. The molecule has 92 valence electrons. The predicted octanol–water partition coefficient (Wildman–Crippen LogP) is -0.109. The van der Waals surface area contributed by atoms with Gasteiger partial charge in [-0.1, -0.05) is 0 Å². The Kier molecular flexibility index (Phi) is 2.87. The molecule has 7 nitrogen and oxygen atoms in total. The fraction of sp³-hybridized carbons (Fsp3) is 1.00. The zero-order chi connectivity index (χ0) is 11.9. The second-order valence-corrected chi connectivity index (χ2v) is 4.54. The Labute approximate surface area is 92.4 Å². The van der Waals surface area contributed by atoms with Crippen molar-refractivity contribution in [2.75, 3.05) is 6.54 Å². The Morgan fingerprint density at radius 2 is 2.25 bits per heavy atom. The van der Waals surface area contributed by atoms with Crippen molar-refractivity contribution in [3.8, 4) is 0 Å². The molecule has 2 rings (SSSR count). The van der Waals surface area contributed by atoms with E-state index in [0.717, 1.165) is 0 Å². The van der Waals surface area contributed by atoms with Crippen LogP contribution in [0.2, 0.25) is 0 Å². The van der Waals surface area contributed by atoms with Gasteiger partial charge in [-0.05, 0) is 13.8 Å². The van der Waals surface area contributed by atoms with E-state index in [2.05, 4.69) is 0 Å². The molecule has 0 aliphatic carbocycles. The van der Waals surface area contributed by atoms with E-state index in [-0.39, 0.29) is 6.10 Å². The Bertz CT molecular complexity index is 278. The topological polar surface area (TPSA) is 91.1 Å². The van der Waals surface area contributed by atoms with Crippen LogP contribution in [0.25, 0.3) is 0 Å². The van der Waals surface area contributed by atoms with Gasteiger partial charge >= 0.3 is 0 Å². The molecule has 0 aromatic carbocycles. The summed E-state index contributed by atoms with van der Waals surface area (Å²) in [6.07, 6.45) is -2.06. The first-order chi connectivity index (χ1) is 7.37. The van der Waals surface area contributed by atoms with E-state index in [0.29, 0.717) is 6.42 Å². The average Bonchev–Trinajstić information content (AvgIpc) is 2.55. The molecule has 0 radical (unpaired) electrons. The second-order valence-electron chi connectivity index (χ2n) is 4.54. The number of hydrogen-bond acceptors (Lipinski definition) is 6. The van der Waals surface area contributed by atoms with Crippen molar-refractivity contribution in [1.29, 1.82) is 0 Å². The van der Waals surface area contributed by atoms with Crippen molar-refractivity contribution in [1.82, 2.24) is 0 Å². The van der Waals surface area contributed by atoms with Crippen molar-refractivity contribution in [3.63, 3.8) is 0 Å². The van der Waals surface area contributed by atoms with Crippen LogP contribution in [0.5, 0.6) is 0 Å². The van der Waals surface area contributed by atoms with Gasteiger partial charge in [-0.2, -0.15) is 0 Å². The molecule has 4 atom stereocenters. The van der Waals surface area contributed by atoms with Gasteiger partial charge in [-0.3, -0.25) is 10.1 Å². The number of aliphatic hydroxyl groups excluding tert-OH is 1. The van der Waals surface area contributed by atoms with Crippen LogP contribution in [0.4, 0.5) is 0 Å². The highest BCUT2D eigenvalue weighted by atomic mass is 16.8. The largest absolute Gasteiger partial charge is 0.384 e. The van der Waals surface area contributed by atoms with Gasteiger partial charge in [-0.15, -0.1) is 0 Å². The molecule has 2 unspecified atom stereocenters. The Balaban J connectivity index is 1.89. The molecule has 0 amide bonds. The van der Waals surface area contributed by atoms with Crippen molar-refractivity contribution < 1.29 is 24.2 Å². The molecule has 0 spiro atoms. The van der Waals surface area contributed by atoms with Crippen molar-refractivity contribution in [3.05, 3.63) is 10.1 Å². The number of nitrogens with zero attached hydrogens (tertiary/aromatic N) is 1. The monoisotopic (exact) mass is 233 g/mol. The summed E-state index contributed by atoms with van der Waals surface area (Å²) in [7, 11) is 0. The highest BCUT2D eigenvalue weighted by Crippen LogP contribution is 2.37. The van der Waals surface area contributed by atoms with E-state index in [4.69, 9.17) is 14.2 Å². The van der Waals surface area contributed by atoms with Gasteiger partial charge in [0, 0.05) is 11.3 Å². The summed E-state index contributed by atoms with van der Waals surface area (Å²) in [5.41, 5.74) is 0. The first-order valence-corrected chi connectivity index (χ1v) is 5.18. The highest BCUT2D eigenvalue weighted by molar-refractivity contribution is 4.88. The molecule has 0 aromatic rings. The van der Waals surface area contributed by atoms with E-state index in [1.165, 1.54) is 0 Å². The molecule has 2 aliphatic rings. The summed E-state index contributed by atoms with van der Waals surface area (Å²) in [5, 5.41) is 19.8. The van der Waals surface area contributed by atoms with E-state index in [1.54, 1.807) is 13.8 Å². The molecule has 2 saturated heterocycles. The van der Waals surface area contributed by atoms with Crippen LogP contribution in [0.1, 0.15) is 20.3 Å². The molecule has 1 N–H and O–H groups in total. The van der Waals surface area contributed by atoms with Gasteiger partial charge in [0.1, 0.15) is 12.2 Å². The lowest BCUT2D eigenvalue weighted by Crippen LogP contribution is -2.35. The lowest BCUT2D eigenvalue weighted by atomic mass is 10.1. The van der Waals surface area contributed by atoms with Crippen molar-refractivity contribution in [2.45, 2.75) is 50.7 Å². The summed E-state index contributed by atoms with van der Waals surface area (Å²) >= 11 is 0. The number of nitro groups is 1. The van der Waals surface area contributed by atoms with Crippen molar-refractivity contribution >= 4 is 0 Å². The normalized spacial score (nSPS) is 38.3. The maximum atomic E-state index is 10.2. The third-order valence-electron chi connectivity index (χ3n) is 2.68. The van der Waals surface area contributed by atoms with Crippen molar-refractivity contribution in [2.24, 2.45) is 0 Å². The van der Waals surface area contributed by atoms with Gasteiger partial charge in [0.2, 0.25) is 6.54 Å². The standard InChI is InChI=1S/C9H15NO6/c1-9(2)15-7-3-6(14-8(7)16-9)5(11)4-10(12)13/h5-8,11H,3-4H2,1-2H3/t5?,6-,7+,8?/m0/s1. The predicted molar refractivity (Wildman–Crippen MR) is 51.2 cm³/mol. The summed E-state index contributed by atoms with van der Waals surface area (Å²) in [6.45, 7) is 3.03. The van der Waals surface area contributed by atoms with E-state index in [1.807, 2.05) is 0 Å². The van der Waals surface area contributed by atoms with Crippen LogP contribution in [-0.4, -0.2) is 47.0 Å². The molecule has 2 fully saturated rings. The summed E-state index contributed by atoms with van der Waals surface area (Å²) in [4.78, 5) is 9.68. The first kappa shape index (κ1) is 11.7. The van der Waals surface area contributed by atoms with Crippen LogP contribution >= 0.6 is 0 Å². The minimum atomic E-state index is -1.11. The Hall–Kier alpha value is -0.760. The van der Waals surface area contributed by atoms with Crippen LogP contribution in [0.15, 0.2) is 0 Å². The summed E-state index contributed by atoms with van der Waals surface area (Å²) in [5.74, 6) is -0.686. The van der Waals surface area contributed by atoms with Crippen LogP contribution in [-0.2, 0) is 14.2 Å². The van der Waals surface area contributed by atoms with Gasteiger partial charge in [0.15, 0.2) is 12.1 Å². The fourth-order valence-electron chi connectivity index (χ4n) is 2.05. The maximum Gasteiger partial charge on any atom is 0.231 e. The van der Waals surface area contributed by atoms with Gasteiger partial charge in [-0.25, -0.2) is 0 Å². The maximum absolute atomic E-state index is 10.2. The van der Waals surface area contributed by atoms with E-state index >= 15 is 0 Å². The van der Waals surface area contributed by atoms with Crippen LogP contribution in [0.3, 0.4) is 0 Å². The van der Waals surface area contributed by atoms with Gasteiger partial charge < -0.3 is 19.3 Å². The number of ether oxygens (including phenoxy) is 3. The van der Waals surface area contributed by atoms with E-state index < -0.39 is 35.8 Å². The van der Waals surface area contributed by atoms with Gasteiger partial charge in [0.25, 0.3) is 0 Å². The molecular formula is C9H15NO6. The molecule has 7 heteroatoms. The van der Waals surface area contributed by atoms with Crippen LogP contribution < -0.4 is 0 Å². The quantitative estimate of drug-likeness (QED) is 0.540. The molecule has 0 saturated carbocycles. The number of hydrogen-bond donors (Lipinski definition) is 1.